The summed E-state index contributed by atoms with van der Waals surface area (Å²) in [6.07, 6.45) is 0. The maximum atomic E-state index is 12.0. The summed E-state index contributed by atoms with van der Waals surface area (Å²) in [7, 11) is -3.99. The van der Waals surface area contributed by atoms with E-state index in [2.05, 4.69) is 4.72 Å². The van der Waals surface area contributed by atoms with Gasteiger partial charge in [0.15, 0.2) is 0 Å². The molecular formula is C11H14ClNO5S. The molecule has 0 aromatic heterocycles. The molecule has 0 aliphatic rings. The average molecular weight is 308 g/mol. The van der Waals surface area contributed by atoms with E-state index in [0.29, 0.717) is 0 Å². The third kappa shape index (κ3) is 4.46. The van der Waals surface area contributed by atoms with Gasteiger partial charge in [0, 0.05) is 6.54 Å². The molecule has 8 heteroatoms. The van der Waals surface area contributed by atoms with Crippen molar-refractivity contribution in [3.8, 4) is 0 Å². The van der Waals surface area contributed by atoms with Crippen LogP contribution in [0.2, 0.25) is 5.02 Å². The van der Waals surface area contributed by atoms with E-state index in [4.69, 9.17) is 16.7 Å². The van der Waals surface area contributed by atoms with Crippen molar-refractivity contribution in [1.82, 2.24) is 4.72 Å². The monoisotopic (exact) mass is 307 g/mol. The molecule has 106 valence electrons. The van der Waals surface area contributed by atoms with Gasteiger partial charge in [0.2, 0.25) is 10.0 Å². The molecule has 0 aliphatic heterocycles. The van der Waals surface area contributed by atoms with Gasteiger partial charge in [-0.3, -0.25) is 0 Å². The van der Waals surface area contributed by atoms with Gasteiger partial charge in [-0.05, 0) is 32.0 Å². The van der Waals surface area contributed by atoms with Crippen molar-refractivity contribution >= 4 is 27.6 Å². The molecule has 0 fully saturated rings. The van der Waals surface area contributed by atoms with Crippen LogP contribution in [-0.4, -0.2) is 36.7 Å². The van der Waals surface area contributed by atoms with E-state index in [1.807, 2.05) is 0 Å². The smallest absolute Gasteiger partial charge is 0.335 e. The summed E-state index contributed by atoms with van der Waals surface area (Å²) in [5.41, 5.74) is -1.42. The third-order valence-electron chi connectivity index (χ3n) is 2.16. The number of halogens is 1. The number of sulfonamides is 1. The Morgan fingerprint density at radius 3 is 2.47 bits per heavy atom. The zero-order valence-corrected chi connectivity index (χ0v) is 11.9. The van der Waals surface area contributed by atoms with E-state index >= 15 is 0 Å². The Morgan fingerprint density at radius 1 is 1.42 bits per heavy atom. The van der Waals surface area contributed by atoms with Crippen LogP contribution in [0.1, 0.15) is 24.2 Å². The molecule has 0 amide bonds. The minimum Gasteiger partial charge on any atom is -0.478 e. The lowest BCUT2D eigenvalue weighted by molar-refractivity contribution is 0.0696. The van der Waals surface area contributed by atoms with E-state index in [1.54, 1.807) is 0 Å². The fraction of sp³-hybridized carbons (Fsp3) is 0.364. The second kappa shape index (κ2) is 5.46. The van der Waals surface area contributed by atoms with E-state index in [-0.39, 0.29) is 22.0 Å². The van der Waals surface area contributed by atoms with Crippen LogP contribution in [0.25, 0.3) is 0 Å². The lowest BCUT2D eigenvalue weighted by Crippen LogP contribution is -2.38. The van der Waals surface area contributed by atoms with Crippen LogP contribution < -0.4 is 4.72 Å². The maximum Gasteiger partial charge on any atom is 0.335 e. The zero-order chi connectivity index (χ0) is 14.8. The van der Waals surface area contributed by atoms with Crippen molar-refractivity contribution in [2.45, 2.75) is 24.3 Å². The number of hydrogen-bond acceptors (Lipinski definition) is 4. The molecule has 0 spiro atoms. The van der Waals surface area contributed by atoms with Crippen LogP contribution >= 0.6 is 11.6 Å². The van der Waals surface area contributed by atoms with Gasteiger partial charge in [0.05, 0.1) is 16.2 Å². The van der Waals surface area contributed by atoms with Crippen LogP contribution in [0.4, 0.5) is 0 Å². The molecule has 0 aliphatic carbocycles. The molecule has 1 aromatic rings. The molecule has 1 aromatic carbocycles. The number of carboxylic acid groups (broad SMARTS) is 1. The first-order valence-electron chi connectivity index (χ1n) is 5.28. The molecule has 0 bridgehead atoms. The van der Waals surface area contributed by atoms with Crippen LogP contribution in [0.15, 0.2) is 23.1 Å². The molecule has 0 unspecified atom stereocenters. The van der Waals surface area contributed by atoms with Crippen LogP contribution in [0.5, 0.6) is 0 Å². The highest BCUT2D eigenvalue weighted by molar-refractivity contribution is 7.89. The largest absolute Gasteiger partial charge is 0.478 e. The summed E-state index contributed by atoms with van der Waals surface area (Å²) in [6.45, 7) is 2.65. The van der Waals surface area contributed by atoms with Crippen molar-refractivity contribution in [3.63, 3.8) is 0 Å². The van der Waals surface area contributed by atoms with Gasteiger partial charge in [-0.2, -0.15) is 0 Å². The lowest BCUT2D eigenvalue weighted by Gasteiger charge is -2.18. The van der Waals surface area contributed by atoms with Gasteiger partial charge in [0.25, 0.3) is 0 Å². The summed E-state index contributed by atoms with van der Waals surface area (Å²) in [4.78, 5) is 10.5. The standard InChI is InChI=1S/C11H14ClNO5S/c1-11(2,16)6-13-19(17,18)9-5-7(10(14)15)3-4-8(9)12/h3-5,13,16H,6H2,1-2H3,(H,14,15). The number of benzene rings is 1. The van der Waals surface area contributed by atoms with Crippen molar-refractivity contribution in [3.05, 3.63) is 28.8 Å². The Bertz CT molecular complexity index is 592. The summed E-state index contributed by atoms with van der Waals surface area (Å²) in [6, 6.07) is 3.38. The van der Waals surface area contributed by atoms with Crippen molar-refractivity contribution in [2.24, 2.45) is 0 Å². The Morgan fingerprint density at radius 2 is 2.00 bits per heavy atom. The first-order chi connectivity index (χ1) is 8.53. The minimum absolute atomic E-state index is 0.0896. The van der Waals surface area contributed by atoms with E-state index in [9.17, 15) is 18.3 Å². The third-order valence-corrected chi connectivity index (χ3v) is 4.05. The maximum absolute atomic E-state index is 12.0. The Hall–Kier alpha value is -1.15. The number of carboxylic acids is 1. The lowest BCUT2D eigenvalue weighted by atomic mass is 10.1. The average Bonchev–Trinajstić information content (AvgIpc) is 2.25. The molecular weight excluding hydrogens is 294 g/mol. The van der Waals surface area contributed by atoms with Crippen LogP contribution in [0.3, 0.4) is 0 Å². The fourth-order valence-corrected chi connectivity index (χ4v) is 2.92. The Labute approximate surface area is 116 Å². The highest BCUT2D eigenvalue weighted by atomic mass is 35.5. The Kier molecular flexibility index (Phi) is 4.57. The van der Waals surface area contributed by atoms with E-state index < -0.39 is 21.6 Å². The summed E-state index contributed by atoms with van der Waals surface area (Å²) < 4.78 is 26.1. The van der Waals surface area contributed by atoms with E-state index in [1.165, 1.54) is 26.0 Å². The van der Waals surface area contributed by atoms with Gasteiger partial charge >= 0.3 is 5.97 Å². The van der Waals surface area contributed by atoms with Crippen molar-refractivity contribution < 1.29 is 23.4 Å². The second-order valence-electron chi connectivity index (χ2n) is 4.59. The van der Waals surface area contributed by atoms with Crippen molar-refractivity contribution in [1.29, 1.82) is 0 Å². The van der Waals surface area contributed by atoms with Gasteiger partial charge in [-0.25, -0.2) is 17.9 Å². The predicted molar refractivity (Wildman–Crippen MR) is 69.9 cm³/mol. The summed E-state index contributed by atoms with van der Waals surface area (Å²) in [5.74, 6) is -1.25. The van der Waals surface area contributed by atoms with Gasteiger partial charge < -0.3 is 10.2 Å². The highest BCUT2D eigenvalue weighted by Crippen LogP contribution is 2.22. The number of hydrogen-bond donors (Lipinski definition) is 3. The zero-order valence-electron chi connectivity index (χ0n) is 10.3. The SMILES string of the molecule is CC(C)(O)CNS(=O)(=O)c1cc(C(=O)O)ccc1Cl. The molecule has 3 N–H and O–H groups in total. The molecule has 0 saturated carbocycles. The van der Waals surface area contributed by atoms with Gasteiger partial charge in [-0.15, -0.1) is 0 Å². The second-order valence-corrected chi connectivity index (χ2v) is 6.73. The number of aromatic carboxylic acids is 1. The normalized spacial score (nSPS) is 12.4. The molecule has 6 nitrogen and oxygen atoms in total. The van der Waals surface area contributed by atoms with Crippen molar-refractivity contribution in [2.75, 3.05) is 6.54 Å². The van der Waals surface area contributed by atoms with Gasteiger partial charge in [-0.1, -0.05) is 11.6 Å². The molecule has 19 heavy (non-hydrogen) atoms. The first-order valence-corrected chi connectivity index (χ1v) is 7.14. The minimum atomic E-state index is -3.99. The topological polar surface area (TPSA) is 104 Å². The molecule has 1 rings (SSSR count). The predicted octanol–water partition coefficient (Wildman–Crippen LogP) is 1.09. The quantitative estimate of drug-likeness (QED) is 0.755. The van der Waals surface area contributed by atoms with Crippen LogP contribution in [-0.2, 0) is 10.0 Å². The Balaban J connectivity index is 3.14. The van der Waals surface area contributed by atoms with E-state index in [0.717, 1.165) is 6.07 Å². The molecule has 0 radical (unpaired) electrons. The highest BCUT2D eigenvalue weighted by Gasteiger charge is 2.23. The number of aliphatic hydroxyl groups is 1. The van der Waals surface area contributed by atoms with Gasteiger partial charge in [0.1, 0.15) is 4.90 Å². The summed E-state index contributed by atoms with van der Waals surface area (Å²) in [5, 5.41) is 18.2. The molecule has 0 heterocycles. The number of nitrogens with one attached hydrogen (secondary N) is 1. The summed E-state index contributed by atoms with van der Waals surface area (Å²) >= 11 is 5.76. The first kappa shape index (κ1) is 15.9. The molecule has 0 atom stereocenters. The number of rotatable bonds is 5. The fourth-order valence-electron chi connectivity index (χ4n) is 1.19. The molecule has 0 saturated heterocycles. The van der Waals surface area contributed by atoms with Crippen LogP contribution in [0, 0.1) is 0 Å². The number of carbonyl (C=O) groups is 1.